The molecule has 0 aromatic heterocycles. The smallest absolute Gasteiger partial charge is 0.245 e. The van der Waals surface area contributed by atoms with Crippen LogP contribution in [-0.2, 0) is 9.90 Å². The highest BCUT2D eigenvalue weighted by atomic mass is 16.3. The van der Waals surface area contributed by atoms with Gasteiger partial charge in [-0.05, 0) is 19.8 Å². The zero-order valence-electron chi connectivity index (χ0n) is 6.67. The van der Waals surface area contributed by atoms with Crippen LogP contribution in [0.4, 0.5) is 0 Å². The van der Waals surface area contributed by atoms with Crippen LogP contribution in [0, 0.1) is 0 Å². The van der Waals surface area contributed by atoms with Crippen LogP contribution in [0.2, 0.25) is 0 Å². The first-order valence-electron chi connectivity index (χ1n) is 3.70. The van der Waals surface area contributed by atoms with E-state index in [9.17, 15) is 9.90 Å². The van der Waals surface area contributed by atoms with Crippen LogP contribution in [0.5, 0.6) is 0 Å². The molecule has 11 heavy (non-hydrogen) atoms. The number of hydrogen-bond donors (Lipinski definition) is 2. The predicted molar refractivity (Wildman–Crippen MR) is 39.5 cm³/mol. The second-order valence-electron chi connectivity index (χ2n) is 2.46. The minimum absolute atomic E-state index is 0.386. The Bertz CT molecular complexity index is 114. The van der Waals surface area contributed by atoms with Crippen molar-refractivity contribution in [3.63, 3.8) is 0 Å². The molecule has 1 radical (unpaired) electrons. The topological polar surface area (TPSA) is 69.2 Å². The second-order valence-corrected chi connectivity index (χ2v) is 2.46. The zero-order chi connectivity index (χ0) is 8.69. The molecule has 0 aliphatic heterocycles. The molecule has 0 heterocycles. The van der Waals surface area contributed by atoms with Crippen molar-refractivity contribution in [1.29, 1.82) is 0 Å². The van der Waals surface area contributed by atoms with Crippen molar-refractivity contribution in [1.82, 2.24) is 5.32 Å². The molecule has 0 saturated heterocycles. The minimum atomic E-state index is -0.568. The average molecular weight is 160 g/mol. The molecule has 4 nitrogen and oxygen atoms in total. The molecule has 1 unspecified atom stereocenters. The van der Waals surface area contributed by atoms with E-state index in [2.05, 4.69) is 5.32 Å². The molecule has 4 heteroatoms. The molecular weight excluding hydrogens is 146 g/mol. The maximum absolute atomic E-state index is 10.5. The van der Waals surface area contributed by atoms with Gasteiger partial charge in [0.15, 0.2) is 0 Å². The lowest BCUT2D eigenvalue weighted by molar-refractivity contribution is -0.123. The number of nitrogens with one attached hydrogen (secondary N) is 1. The van der Waals surface area contributed by atoms with E-state index in [4.69, 9.17) is 5.11 Å². The molecule has 0 fully saturated rings. The van der Waals surface area contributed by atoms with Crippen molar-refractivity contribution >= 4 is 5.91 Å². The Labute approximate surface area is 66.2 Å². The van der Waals surface area contributed by atoms with Gasteiger partial charge in [0.25, 0.3) is 0 Å². The normalized spacial score (nSPS) is 12.6. The van der Waals surface area contributed by atoms with Crippen LogP contribution in [0.1, 0.15) is 19.8 Å². The highest BCUT2D eigenvalue weighted by Gasteiger charge is 1.99. The van der Waals surface area contributed by atoms with E-state index in [1.165, 1.54) is 0 Å². The van der Waals surface area contributed by atoms with E-state index in [1.54, 1.807) is 6.92 Å². The molecule has 2 N–H and O–H groups in total. The van der Waals surface area contributed by atoms with Crippen molar-refractivity contribution < 1.29 is 15.0 Å². The first-order valence-corrected chi connectivity index (χ1v) is 3.70. The number of carbonyl (C=O) groups excluding carboxylic acids is 1. The summed E-state index contributed by atoms with van der Waals surface area (Å²) >= 11 is 0. The van der Waals surface area contributed by atoms with Gasteiger partial charge in [-0.25, -0.2) is 5.11 Å². The van der Waals surface area contributed by atoms with Crippen molar-refractivity contribution in [2.45, 2.75) is 25.9 Å². The van der Waals surface area contributed by atoms with Gasteiger partial charge in [0, 0.05) is 6.54 Å². The summed E-state index contributed by atoms with van der Waals surface area (Å²) in [7, 11) is 0. The van der Waals surface area contributed by atoms with Gasteiger partial charge in [-0.3, -0.25) is 4.79 Å². The van der Waals surface area contributed by atoms with Gasteiger partial charge in [0.2, 0.25) is 5.91 Å². The lowest BCUT2D eigenvalue weighted by Crippen LogP contribution is -2.27. The Balaban J connectivity index is 3.08. The second kappa shape index (κ2) is 6.12. The van der Waals surface area contributed by atoms with Gasteiger partial charge in [0.05, 0.1) is 6.10 Å². The highest BCUT2D eigenvalue weighted by Crippen LogP contribution is 1.93. The lowest BCUT2D eigenvalue weighted by Gasteiger charge is -2.02. The third-order valence-corrected chi connectivity index (χ3v) is 1.25. The van der Waals surface area contributed by atoms with Gasteiger partial charge in [0.1, 0.15) is 6.61 Å². The molecule has 0 aromatic rings. The molecule has 1 amide bonds. The molecule has 65 valence electrons. The SMILES string of the molecule is CC([O])CCCNC(=O)CO. The average Bonchev–Trinajstić information content (AvgIpc) is 1.97. The first-order chi connectivity index (χ1) is 5.16. The highest BCUT2D eigenvalue weighted by molar-refractivity contribution is 5.76. The van der Waals surface area contributed by atoms with Crippen LogP contribution in [0.15, 0.2) is 0 Å². The fraction of sp³-hybridized carbons (Fsp3) is 0.857. The number of amides is 1. The predicted octanol–water partition coefficient (Wildman–Crippen LogP) is -0.306. The standard InChI is InChI=1S/C7H14NO3/c1-6(10)3-2-4-8-7(11)5-9/h6,9H,2-5H2,1H3,(H,8,11). The summed E-state index contributed by atoms with van der Waals surface area (Å²) < 4.78 is 0. The van der Waals surface area contributed by atoms with Gasteiger partial charge >= 0.3 is 0 Å². The van der Waals surface area contributed by atoms with E-state index in [1.807, 2.05) is 0 Å². The fourth-order valence-corrected chi connectivity index (χ4v) is 0.673. The number of rotatable bonds is 5. The van der Waals surface area contributed by atoms with Crippen LogP contribution < -0.4 is 5.32 Å². The third kappa shape index (κ3) is 7.29. The van der Waals surface area contributed by atoms with E-state index < -0.39 is 12.7 Å². The largest absolute Gasteiger partial charge is 0.387 e. The lowest BCUT2D eigenvalue weighted by atomic mass is 10.2. The summed E-state index contributed by atoms with van der Waals surface area (Å²) in [4.78, 5) is 10.4. The summed E-state index contributed by atoms with van der Waals surface area (Å²) in [5, 5.41) is 21.2. The van der Waals surface area contributed by atoms with E-state index in [0.717, 1.165) is 0 Å². The van der Waals surface area contributed by atoms with Crippen molar-refractivity contribution in [3.8, 4) is 0 Å². The van der Waals surface area contributed by atoms with Gasteiger partial charge < -0.3 is 10.4 Å². The Hall–Kier alpha value is -0.610. The monoisotopic (exact) mass is 160 g/mol. The summed E-state index contributed by atoms with van der Waals surface area (Å²) in [6, 6.07) is 0. The first kappa shape index (κ1) is 10.4. The molecule has 0 saturated carbocycles. The Morgan fingerprint density at radius 3 is 2.73 bits per heavy atom. The van der Waals surface area contributed by atoms with Crippen LogP contribution in [-0.4, -0.2) is 30.3 Å². The van der Waals surface area contributed by atoms with Crippen LogP contribution in [0.3, 0.4) is 0 Å². The maximum atomic E-state index is 10.5. The molecule has 0 bridgehead atoms. The van der Waals surface area contributed by atoms with Gasteiger partial charge in [-0.15, -0.1) is 0 Å². The summed E-state index contributed by atoms with van der Waals surface area (Å²) in [6.07, 6.45) is 0.670. The quantitative estimate of drug-likeness (QED) is 0.542. The number of aliphatic hydroxyl groups excluding tert-OH is 1. The molecule has 0 aliphatic rings. The Kier molecular flexibility index (Phi) is 5.78. The molecule has 0 aliphatic carbocycles. The Morgan fingerprint density at radius 2 is 2.27 bits per heavy atom. The van der Waals surface area contributed by atoms with E-state index in [-0.39, 0.29) is 5.91 Å². The molecule has 0 aromatic carbocycles. The molecular formula is C7H14NO3. The number of aliphatic hydroxyl groups is 1. The third-order valence-electron chi connectivity index (χ3n) is 1.25. The minimum Gasteiger partial charge on any atom is -0.387 e. The van der Waals surface area contributed by atoms with Crippen molar-refractivity contribution in [2.75, 3.05) is 13.2 Å². The summed E-state index contributed by atoms with van der Waals surface area (Å²) in [6.45, 7) is 1.59. The van der Waals surface area contributed by atoms with E-state index >= 15 is 0 Å². The molecule has 0 spiro atoms. The number of hydrogen-bond acceptors (Lipinski definition) is 2. The van der Waals surface area contributed by atoms with E-state index in [0.29, 0.717) is 19.4 Å². The molecule has 0 rings (SSSR count). The fourth-order valence-electron chi connectivity index (χ4n) is 0.673. The summed E-state index contributed by atoms with van der Waals surface area (Å²) in [5.41, 5.74) is 0. The van der Waals surface area contributed by atoms with Crippen LogP contribution in [0.25, 0.3) is 0 Å². The summed E-state index contributed by atoms with van der Waals surface area (Å²) in [5.74, 6) is -0.386. The zero-order valence-corrected chi connectivity index (χ0v) is 6.67. The van der Waals surface area contributed by atoms with Gasteiger partial charge in [-0.2, -0.15) is 0 Å². The maximum Gasteiger partial charge on any atom is 0.245 e. The molecule has 1 atom stereocenters. The van der Waals surface area contributed by atoms with Gasteiger partial charge in [-0.1, -0.05) is 0 Å². The van der Waals surface area contributed by atoms with Crippen molar-refractivity contribution in [3.05, 3.63) is 0 Å². The van der Waals surface area contributed by atoms with Crippen molar-refractivity contribution in [2.24, 2.45) is 0 Å². The number of carbonyl (C=O) groups is 1. The Morgan fingerprint density at radius 1 is 1.64 bits per heavy atom. The van der Waals surface area contributed by atoms with Crippen LogP contribution >= 0.6 is 0 Å².